The van der Waals surface area contributed by atoms with Crippen LogP contribution < -0.4 is 4.90 Å². The number of benzene rings is 2. The quantitative estimate of drug-likeness (QED) is 0.849. The maximum absolute atomic E-state index is 12.6. The van der Waals surface area contributed by atoms with Gasteiger partial charge in [0.1, 0.15) is 0 Å². The fraction of sp³-hybridized carbons (Fsp3) is 0.300. The fourth-order valence-corrected chi connectivity index (χ4v) is 3.11. The minimum atomic E-state index is -0.00604. The smallest absolute Gasteiger partial charge is 0.228 e. The average molecular weight is 322 g/mol. The maximum Gasteiger partial charge on any atom is 0.228 e. The first-order valence-electron chi connectivity index (χ1n) is 8.33. The zero-order chi connectivity index (χ0) is 16.9. The molecule has 0 N–H and O–H groups in total. The number of amides is 2. The summed E-state index contributed by atoms with van der Waals surface area (Å²) in [6.07, 6.45) is 1.25. The van der Waals surface area contributed by atoms with E-state index in [4.69, 9.17) is 0 Å². The van der Waals surface area contributed by atoms with Gasteiger partial charge >= 0.3 is 0 Å². The SMILES string of the molecule is CC(=O)N(CCC(=O)N1CCc2ccccc21)Cc1ccccc1. The molecule has 0 fully saturated rings. The van der Waals surface area contributed by atoms with E-state index in [1.807, 2.05) is 53.4 Å². The van der Waals surface area contributed by atoms with E-state index >= 15 is 0 Å². The number of anilines is 1. The number of fused-ring (bicyclic) bond motifs is 1. The van der Waals surface area contributed by atoms with Crippen LogP contribution in [0.4, 0.5) is 5.69 Å². The van der Waals surface area contributed by atoms with Gasteiger partial charge in [0.2, 0.25) is 11.8 Å². The van der Waals surface area contributed by atoms with Gasteiger partial charge in [-0.25, -0.2) is 0 Å². The van der Waals surface area contributed by atoms with Crippen LogP contribution >= 0.6 is 0 Å². The fourth-order valence-electron chi connectivity index (χ4n) is 3.11. The maximum atomic E-state index is 12.6. The molecule has 1 aliphatic heterocycles. The second-order valence-electron chi connectivity index (χ2n) is 6.10. The van der Waals surface area contributed by atoms with Crippen LogP contribution in [-0.4, -0.2) is 29.8 Å². The van der Waals surface area contributed by atoms with E-state index in [1.54, 1.807) is 11.8 Å². The van der Waals surface area contributed by atoms with Crippen molar-refractivity contribution in [3.8, 4) is 0 Å². The topological polar surface area (TPSA) is 40.6 Å². The van der Waals surface area contributed by atoms with Gasteiger partial charge in [0, 0.05) is 38.7 Å². The molecule has 0 radical (unpaired) electrons. The standard InChI is InChI=1S/C20H22N2O2/c1-16(23)21(15-17-7-3-2-4-8-17)13-12-20(24)22-14-11-18-9-5-6-10-19(18)22/h2-10H,11-15H2,1H3. The predicted octanol–water partition coefficient (Wildman–Crippen LogP) is 3.01. The Morgan fingerprint density at radius 1 is 1.04 bits per heavy atom. The minimum absolute atomic E-state index is 0.00604. The molecule has 2 aromatic carbocycles. The van der Waals surface area contributed by atoms with Crippen LogP contribution in [0.25, 0.3) is 0 Å². The van der Waals surface area contributed by atoms with Gasteiger partial charge in [-0.05, 0) is 23.6 Å². The zero-order valence-electron chi connectivity index (χ0n) is 13.9. The largest absolute Gasteiger partial charge is 0.338 e. The van der Waals surface area contributed by atoms with E-state index in [1.165, 1.54) is 5.56 Å². The molecule has 124 valence electrons. The lowest BCUT2D eigenvalue weighted by atomic mass is 10.2. The lowest BCUT2D eigenvalue weighted by Crippen LogP contribution is -2.35. The number of para-hydroxylation sites is 1. The van der Waals surface area contributed by atoms with Crippen molar-refractivity contribution in [3.63, 3.8) is 0 Å². The first kappa shape index (κ1) is 16.2. The molecule has 2 amide bonds. The molecule has 0 aromatic heterocycles. The highest BCUT2D eigenvalue weighted by Gasteiger charge is 2.24. The van der Waals surface area contributed by atoms with Crippen molar-refractivity contribution < 1.29 is 9.59 Å². The summed E-state index contributed by atoms with van der Waals surface area (Å²) in [5.74, 6) is 0.0766. The van der Waals surface area contributed by atoms with Crippen LogP contribution in [0.1, 0.15) is 24.5 Å². The van der Waals surface area contributed by atoms with Crippen molar-refractivity contribution >= 4 is 17.5 Å². The van der Waals surface area contributed by atoms with Gasteiger partial charge in [0.05, 0.1) is 0 Å². The molecule has 1 aliphatic rings. The predicted molar refractivity (Wildman–Crippen MR) is 94.6 cm³/mol. The first-order valence-corrected chi connectivity index (χ1v) is 8.33. The summed E-state index contributed by atoms with van der Waals surface area (Å²) in [6, 6.07) is 17.9. The molecule has 0 atom stereocenters. The van der Waals surface area contributed by atoms with Gasteiger partial charge in [0.25, 0.3) is 0 Å². The van der Waals surface area contributed by atoms with Crippen LogP contribution in [0, 0.1) is 0 Å². The Bertz CT molecular complexity index is 727. The van der Waals surface area contributed by atoms with Gasteiger partial charge in [-0.3, -0.25) is 9.59 Å². The molecule has 0 bridgehead atoms. The van der Waals surface area contributed by atoms with Crippen molar-refractivity contribution in [1.29, 1.82) is 0 Å². The van der Waals surface area contributed by atoms with Gasteiger partial charge < -0.3 is 9.80 Å². The van der Waals surface area contributed by atoms with E-state index in [-0.39, 0.29) is 11.8 Å². The second kappa shape index (κ2) is 7.30. The highest BCUT2D eigenvalue weighted by Crippen LogP contribution is 2.27. The third-order valence-electron chi connectivity index (χ3n) is 4.45. The summed E-state index contributed by atoms with van der Waals surface area (Å²) in [6.45, 7) is 3.28. The van der Waals surface area contributed by atoms with Crippen LogP contribution in [0.3, 0.4) is 0 Å². The molecule has 0 saturated heterocycles. The lowest BCUT2D eigenvalue weighted by molar-refractivity contribution is -0.130. The molecule has 3 rings (SSSR count). The summed E-state index contributed by atoms with van der Waals surface area (Å²) in [5, 5.41) is 0. The third kappa shape index (κ3) is 3.65. The molecule has 0 unspecified atom stereocenters. The summed E-state index contributed by atoms with van der Waals surface area (Å²) in [5.41, 5.74) is 3.31. The molecule has 2 aromatic rings. The minimum Gasteiger partial charge on any atom is -0.338 e. The Kier molecular flexibility index (Phi) is 4.94. The van der Waals surface area contributed by atoms with Gasteiger partial charge in [-0.1, -0.05) is 48.5 Å². The summed E-state index contributed by atoms with van der Waals surface area (Å²) < 4.78 is 0. The third-order valence-corrected chi connectivity index (χ3v) is 4.45. The van der Waals surface area contributed by atoms with Crippen LogP contribution in [0.15, 0.2) is 54.6 Å². The Hall–Kier alpha value is -2.62. The molecular weight excluding hydrogens is 300 g/mol. The zero-order valence-corrected chi connectivity index (χ0v) is 13.9. The lowest BCUT2D eigenvalue weighted by Gasteiger charge is -2.23. The highest BCUT2D eigenvalue weighted by atomic mass is 16.2. The van der Waals surface area contributed by atoms with Crippen LogP contribution in [-0.2, 0) is 22.6 Å². The molecule has 0 saturated carbocycles. The number of hydrogen-bond acceptors (Lipinski definition) is 2. The summed E-state index contributed by atoms with van der Waals surface area (Å²) >= 11 is 0. The molecule has 24 heavy (non-hydrogen) atoms. The van der Waals surface area contributed by atoms with E-state index < -0.39 is 0 Å². The Morgan fingerprint density at radius 2 is 1.75 bits per heavy atom. The Morgan fingerprint density at radius 3 is 2.50 bits per heavy atom. The van der Waals surface area contributed by atoms with E-state index in [0.717, 1.165) is 24.2 Å². The van der Waals surface area contributed by atoms with Crippen molar-refractivity contribution in [2.75, 3.05) is 18.0 Å². The van der Waals surface area contributed by atoms with Crippen LogP contribution in [0.5, 0.6) is 0 Å². The molecule has 1 heterocycles. The number of rotatable bonds is 5. The van der Waals surface area contributed by atoms with Crippen molar-refractivity contribution in [2.24, 2.45) is 0 Å². The van der Waals surface area contributed by atoms with E-state index in [2.05, 4.69) is 6.07 Å². The molecular formula is C20H22N2O2. The Balaban J connectivity index is 1.61. The second-order valence-corrected chi connectivity index (χ2v) is 6.10. The summed E-state index contributed by atoms with van der Waals surface area (Å²) in [7, 11) is 0. The number of carbonyl (C=O) groups is 2. The van der Waals surface area contributed by atoms with Crippen LogP contribution in [0.2, 0.25) is 0 Å². The van der Waals surface area contributed by atoms with Gasteiger partial charge in [0.15, 0.2) is 0 Å². The number of carbonyl (C=O) groups excluding carboxylic acids is 2. The monoisotopic (exact) mass is 322 g/mol. The van der Waals surface area contributed by atoms with Crippen molar-refractivity contribution in [1.82, 2.24) is 4.90 Å². The molecule has 4 nitrogen and oxygen atoms in total. The normalized spacial score (nSPS) is 12.8. The van der Waals surface area contributed by atoms with Crippen molar-refractivity contribution in [2.45, 2.75) is 26.3 Å². The number of nitrogens with zero attached hydrogens (tertiary/aromatic N) is 2. The van der Waals surface area contributed by atoms with Gasteiger partial charge in [-0.2, -0.15) is 0 Å². The highest BCUT2D eigenvalue weighted by molar-refractivity contribution is 5.95. The molecule has 4 heteroatoms. The first-order chi connectivity index (χ1) is 11.6. The molecule has 0 aliphatic carbocycles. The number of hydrogen-bond donors (Lipinski definition) is 0. The summed E-state index contributed by atoms with van der Waals surface area (Å²) in [4.78, 5) is 28.0. The van der Waals surface area contributed by atoms with Gasteiger partial charge in [-0.15, -0.1) is 0 Å². The average Bonchev–Trinajstić information content (AvgIpc) is 3.03. The Labute approximate surface area is 142 Å². The van der Waals surface area contributed by atoms with Crippen molar-refractivity contribution in [3.05, 3.63) is 65.7 Å². The molecule has 0 spiro atoms. The van der Waals surface area contributed by atoms with E-state index in [9.17, 15) is 9.59 Å². The van der Waals surface area contributed by atoms with E-state index in [0.29, 0.717) is 19.5 Å².